The Labute approximate surface area is 83.9 Å². The zero-order valence-corrected chi connectivity index (χ0v) is 8.69. The monoisotopic (exact) mass is 196 g/mol. The van der Waals surface area contributed by atoms with Crippen molar-refractivity contribution in [2.24, 2.45) is 0 Å². The Morgan fingerprint density at radius 3 is 2.50 bits per heavy atom. The summed E-state index contributed by atoms with van der Waals surface area (Å²) in [5, 5.41) is 0. The molecule has 78 valence electrons. The molecule has 4 nitrogen and oxygen atoms in total. The summed E-state index contributed by atoms with van der Waals surface area (Å²) in [4.78, 5) is 26.7. The molecule has 3 amide bonds. The first-order valence-corrected chi connectivity index (χ1v) is 5.30. The number of carbonyl (C=O) groups excluding carboxylic acids is 2. The zero-order valence-electron chi connectivity index (χ0n) is 8.69. The first-order valence-electron chi connectivity index (χ1n) is 5.30. The Balaban J connectivity index is 2.14. The van der Waals surface area contributed by atoms with E-state index in [1.165, 1.54) is 4.90 Å². The van der Waals surface area contributed by atoms with Crippen LogP contribution in [-0.4, -0.2) is 40.4 Å². The molecular formula is C10H16N2O2. The molecule has 1 atom stereocenters. The minimum absolute atomic E-state index is 0.0243. The predicted octanol–water partition coefficient (Wildman–Crippen LogP) is 1.21. The van der Waals surface area contributed by atoms with Crippen molar-refractivity contribution in [3.63, 3.8) is 0 Å². The molecule has 1 aliphatic heterocycles. The van der Waals surface area contributed by atoms with Crippen molar-refractivity contribution in [1.82, 2.24) is 9.80 Å². The van der Waals surface area contributed by atoms with Crippen molar-refractivity contribution in [3.8, 4) is 0 Å². The smallest absolute Gasteiger partial charge is 0.310 e. The van der Waals surface area contributed by atoms with Gasteiger partial charge in [-0.3, -0.25) is 9.69 Å². The Bertz CT molecular complexity index is 273. The summed E-state index contributed by atoms with van der Waals surface area (Å²) in [5.41, 5.74) is 0. The quantitative estimate of drug-likeness (QED) is 0.637. The minimum Gasteiger partial charge on any atom is -0.310 e. The van der Waals surface area contributed by atoms with E-state index in [4.69, 9.17) is 0 Å². The highest BCUT2D eigenvalue weighted by atomic mass is 16.2. The van der Waals surface area contributed by atoms with Gasteiger partial charge in [0.1, 0.15) is 6.04 Å². The Kier molecular flexibility index (Phi) is 2.21. The highest BCUT2D eigenvalue weighted by molar-refractivity contribution is 6.04. The maximum Gasteiger partial charge on any atom is 0.327 e. The van der Waals surface area contributed by atoms with Gasteiger partial charge < -0.3 is 4.90 Å². The van der Waals surface area contributed by atoms with Crippen LogP contribution in [0.3, 0.4) is 0 Å². The molecule has 0 spiro atoms. The first kappa shape index (κ1) is 9.49. The second kappa shape index (κ2) is 3.26. The molecular weight excluding hydrogens is 180 g/mol. The molecule has 0 aromatic carbocycles. The number of hydrogen-bond acceptors (Lipinski definition) is 2. The van der Waals surface area contributed by atoms with Crippen LogP contribution in [0.25, 0.3) is 0 Å². The number of rotatable bonds is 3. The fraction of sp³-hybridized carbons (Fsp3) is 0.800. The van der Waals surface area contributed by atoms with Crippen LogP contribution in [-0.2, 0) is 4.79 Å². The normalized spacial score (nSPS) is 27.7. The topological polar surface area (TPSA) is 40.6 Å². The molecule has 1 heterocycles. The van der Waals surface area contributed by atoms with Crippen LogP contribution in [0.5, 0.6) is 0 Å². The SMILES string of the molecule is CCCN1C(=O)C(C)N(C2CC2)C1=O. The standard InChI is InChI=1S/C10H16N2O2/c1-3-6-11-9(13)7(2)12(10(11)14)8-4-5-8/h7-8H,3-6H2,1-2H3. The van der Waals surface area contributed by atoms with Gasteiger partial charge in [-0.15, -0.1) is 0 Å². The minimum atomic E-state index is -0.235. The molecule has 0 bridgehead atoms. The van der Waals surface area contributed by atoms with Gasteiger partial charge in [-0.25, -0.2) is 4.79 Å². The molecule has 2 aliphatic rings. The molecule has 2 fully saturated rings. The van der Waals surface area contributed by atoms with Gasteiger partial charge in [0.15, 0.2) is 0 Å². The van der Waals surface area contributed by atoms with E-state index >= 15 is 0 Å². The van der Waals surface area contributed by atoms with Crippen LogP contribution in [0, 0.1) is 0 Å². The van der Waals surface area contributed by atoms with Crippen LogP contribution in [0.1, 0.15) is 33.1 Å². The Hall–Kier alpha value is -1.06. The number of hydrogen-bond donors (Lipinski definition) is 0. The van der Waals surface area contributed by atoms with Crippen molar-refractivity contribution >= 4 is 11.9 Å². The number of amides is 3. The number of nitrogens with zero attached hydrogens (tertiary/aromatic N) is 2. The number of urea groups is 1. The van der Waals surface area contributed by atoms with Gasteiger partial charge in [-0.05, 0) is 26.2 Å². The van der Waals surface area contributed by atoms with E-state index < -0.39 is 0 Å². The molecule has 4 heteroatoms. The van der Waals surface area contributed by atoms with Crippen LogP contribution < -0.4 is 0 Å². The summed E-state index contributed by atoms with van der Waals surface area (Å²) in [7, 11) is 0. The lowest BCUT2D eigenvalue weighted by Crippen LogP contribution is -2.35. The van der Waals surface area contributed by atoms with E-state index in [2.05, 4.69) is 0 Å². The predicted molar refractivity (Wildman–Crippen MR) is 51.7 cm³/mol. The Morgan fingerprint density at radius 1 is 1.36 bits per heavy atom. The molecule has 0 aromatic heterocycles. The summed E-state index contributed by atoms with van der Waals surface area (Å²) in [6, 6.07) is 0.0247. The van der Waals surface area contributed by atoms with Crippen molar-refractivity contribution < 1.29 is 9.59 Å². The lowest BCUT2D eigenvalue weighted by molar-refractivity contribution is -0.127. The molecule has 1 aliphatic carbocycles. The van der Waals surface area contributed by atoms with Crippen molar-refractivity contribution in [2.75, 3.05) is 6.54 Å². The molecule has 14 heavy (non-hydrogen) atoms. The van der Waals surface area contributed by atoms with Gasteiger partial charge in [-0.2, -0.15) is 0 Å². The van der Waals surface area contributed by atoms with Crippen LogP contribution >= 0.6 is 0 Å². The lowest BCUT2D eigenvalue weighted by atomic mass is 10.3. The summed E-state index contributed by atoms with van der Waals surface area (Å²) < 4.78 is 0. The molecule has 1 saturated heterocycles. The van der Waals surface area contributed by atoms with E-state index in [0.717, 1.165) is 19.3 Å². The summed E-state index contributed by atoms with van der Waals surface area (Å²) in [5.74, 6) is -0.0243. The van der Waals surface area contributed by atoms with Crippen molar-refractivity contribution in [2.45, 2.75) is 45.2 Å². The summed E-state index contributed by atoms with van der Waals surface area (Å²) in [6.07, 6.45) is 2.95. The molecule has 0 N–H and O–H groups in total. The van der Waals surface area contributed by atoms with E-state index in [1.54, 1.807) is 4.90 Å². The fourth-order valence-corrected chi connectivity index (χ4v) is 2.00. The summed E-state index contributed by atoms with van der Waals surface area (Å²) >= 11 is 0. The maximum absolute atomic E-state index is 11.8. The van der Waals surface area contributed by atoms with E-state index in [9.17, 15) is 9.59 Å². The van der Waals surface area contributed by atoms with Gasteiger partial charge in [0.25, 0.3) is 5.91 Å². The second-order valence-corrected chi connectivity index (χ2v) is 4.09. The van der Waals surface area contributed by atoms with Gasteiger partial charge >= 0.3 is 6.03 Å². The third kappa shape index (κ3) is 1.29. The molecule has 1 unspecified atom stereocenters. The van der Waals surface area contributed by atoms with Gasteiger partial charge in [0.2, 0.25) is 0 Å². The molecule has 0 aromatic rings. The number of imide groups is 1. The Morgan fingerprint density at radius 2 is 2.00 bits per heavy atom. The first-order chi connectivity index (χ1) is 6.66. The highest BCUT2D eigenvalue weighted by Gasteiger charge is 2.48. The largest absolute Gasteiger partial charge is 0.327 e. The average Bonchev–Trinajstić information content (AvgIpc) is 2.93. The van der Waals surface area contributed by atoms with Gasteiger partial charge in [-0.1, -0.05) is 6.92 Å². The van der Waals surface area contributed by atoms with Crippen LogP contribution in [0.4, 0.5) is 4.79 Å². The average molecular weight is 196 g/mol. The highest BCUT2D eigenvalue weighted by Crippen LogP contribution is 2.33. The van der Waals surface area contributed by atoms with E-state index in [1.807, 2.05) is 13.8 Å². The third-order valence-corrected chi connectivity index (χ3v) is 2.88. The fourth-order valence-electron chi connectivity index (χ4n) is 2.00. The number of carbonyl (C=O) groups is 2. The summed E-state index contributed by atoms with van der Waals surface area (Å²) in [6.45, 7) is 4.37. The zero-order chi connectivity index (χ0) is 10.3. The molecule has 1 saturated carbocycles. The van der Waals surface area contributed by atoms with E-state index in [-0.39, 0.29) is 18.0 Å². The molecule has 0 radical (unpaired) electrons. The second-order valence-electron chi connectivity index (χ2n) is 4.09. The van der Waals surface area contributed by atoms with Gasteiger partial charge in [0.05, 0.1) is 0 Å². The van der Waals surface area contributed by atoms with E-state index in [0.29, 0.717) is 12.6 Å². The lowest BCUT2D eigenvalue weighted by Gasteiger charge is -2.17. The van der Waals surface area contributed by atoms with Gasteiger partial charge in [0, 0.05) is 12.6 Å². The third-order valence-electron chi connectivity index (χ3n) is 2.88. The molecule has 2 rings (SSSR count). The van der Waals surface area contributed by atoms with Crippen LogP contribution in [0.2, 0.25) is 0 Å². The van der Waals surface area contributed by atoms with Crippen LogP contribution in [0.15, 0.2) is 0 Å². The van der Waals surface area contributed by atoms with Crippen molar-refractivity contribution in [3.05, 3.63) is 0 Å². The maximum atomic E-state index is 11.8. The van der Waals surface area contributed by atoms with Crippen molar-refractivity contribution in [1.29, 1.82) is 0 Å².